The van der Waals surface area contributed by atoms with Crippen LogP contribution in [0.3, 0.4) is 0 Å². The molecule has 94 valence electrons. The van der Waals surface area contributed by atoms with Gasteiger partial charge in [-0.05, 0) is 18.6 Å². The Hall–Kier alpha value is -2.37. The average molecular weight is 246 g/mol. The number of hydrogen-bond donors (Lipinski definition) is 1. The van der Waals surface area contributed by atoms with E-state index >= 15 is 0 Å². The van der Waals surface area contributed by atoms with Gasteiger partial charge >= 0.3 is 5.97 Å². The summed E-state index contributed by atoms with van der Waals surface area (Å²) in [4.78, 5) is 19.5. The van der Waals surface area contributed by atoms with Crippen molar-refractivity contribution in [1.82, 2.24) is 14.5 Å². The number of ether oxygens (including phenoxy) is 1. The summed E-state index contributed by atoms with van der Waals surface area (Å²) in [6, 6.07) is 3.88. The maximum atomic E-state index is 11.4. The summed E-state index contributed by atoms with van der Waals surface area (Å²) in [5, 5.41) is 0. The zero-order valence-corrected chi connectivity index (χ0v) is 10.3. The topological polar surface area (TPSA) is 83.0 Å². The molecule has 0 saturated carbocycles. The fourth-order valence-corrected chi connectivity index (χ4v) is 1.56. The van der Waals surface area contributed by atoms with Crippen LogP contribution in [0.4, 0.5) is 5.82 Å². The molecule has 0 saturated heterocycles. The number of aromatic nitrogens is 3. The van der Waals surface area contributed by atoms with E-state index in [4.69, 9.17) is 5.73 Å². The minimum absolute atomic E-state index is 0.137. The molecule has 0 atom stereocenters. The van der Waals surface area contributed by atoms with Crippen molar-refractivity contribution in [2.75, 3.05) is 12.8 Å². The SMILES string of the molecule is COC(=O)c1ncn(Cc2ccc(C)nc2)c1N. The summed E-state index contributed by atoms with van der Waals surface area (Å²) >= 11 is 0. The molecule has 2 aromatic rings. The largest absolute Gasteiger partial charge is 0.464 e. The summed E-state index contributed by atoms with van der Waals surface area (Å²) in [6.45, 7) is 2.44. The second-order valence-corrected chi connectivity index (χ2v) is 3.91. The predicted octanol–water partition coefficient (Wildman–Crippen LogP) is 1.00. The summed E-state index contributed by atoms with van der Waals surface area (Å²) in [6.07, 6.45) is 3.29. The Balaban J connectivity index is 2.22. The van der Waals surface area contributed by atoms with Crippen molar-refractivity contribution in [2.24, 2.45) is 0 Å². The lowest BCUT2D eigenvalue weighted by Crippen LogP contribution is -2.09. The minimum atomic E-state index is -0.534. The van der Waals surface area contributed by atoms with Crippen LogP contribution in [-0.2, 0) is 11.3 Å². The number of pyridine rings is 1. The third kappa shape index (κ3) is 2.32. The number of methoxy groups -OCH3 is 1. The number of aryl methyl sites for hydroxylation is 1. The standard InChI is InChI=1S/C12H14N4O2/c1-8-3-4-9(5-14-8)6-16-7-15-10(11(16)13)12(17)18-2/h3-5,7H,6,13H2,1-2H3. The van der Waals surface area contributed by atoms with Crippen LogP contribution in [0.2, 0.25) is 0 Å². The number of anilines is 1. The predicted molar refractivity (Wildman–Crippen MR) is 66.1 cm³/mol. The molecule has 18 heavy (non-hydrogen) atoms. The van der Waals surface area contributed by atoms with Crippen LogP contribution in [0.25, 0.3) is 0 Å². The first-order valence-corrected chi connectivity index (χ1v) is 5.42. The Bertz CT molecular complexity index is 560. The molecule has 0 fully saturated rings. The molecule has 0 aliphatic heterocycles. The number of esters is 1. The van der Waals surface area contributed by atoms with E-state index in [1.807, 2.05) is 19.1 Å². The third-order valence-electron chi connectivity index (χ3n) is 2.58. The molecule has 2 aromatic heterocycles. The van der Waals surface area contributed by atoms with Crippen molar-refractivity contribution in [3.05, 3.63) is 41.6 Å². The lowest BCUT2D eigenvalue weighted by Gasteiger charge is -2.05. The number of hydrogen-bond acceptors (Lipinski definition) is 5. The molecule has 0 aromatic carbocycles. The molecule has 0 aliphatic rings. The lowest BCUT2D eigenvalue weighted by molar-refractivity contribution is 0.0596. The highest BCUT2D eigenvalue weighted by Crippen LogP contribution is 2.13. The molecule has 0 bridgehead atoms. The lowest BCUT2D eigenvalue weighted by atomic mass is 10.2. The monoisotopic (exact) mass is 246 g/mol. The Labute approximate surface area is 104 Å². The molecule has 2 N–H and O–H groups in total. The van der Waals surface area contributed by atoms with Crippen molar-refractivity contribution in [2.45, 2.75) is 13.5 Å². The molecule has 0 spiro atoms. The smallest absolute Gasteiger partial charge is 0.360 e. The van der Waals surface area contributed by atoms with Gasteiger partial charge in [0, 0.05) is 11.9 Å². The molecule has 0 aliphatic carbocycles. The minimum Gasteiger partial charge on any atom is -0.464 e. The molecule has 6 nitrogen and oxygen atoms in total. The van der Waals surface area contributed by atoms with Crippen LogP contribution in [0.15, 0.2) is 24.7 Å². The van der Waals surface area contributed by atoms with Gasteiger partial charge in [-0.1, -0.05) is 6.07 Å². The number of nitrogens with zero attached hydrogens (tertiary/aromatic N) is 3. The van der Waals surface area contributed by atoms with Gasteiger partial charge in [-0.25, -0.2) is 9.78 Å². The van der Waals surface area contributed by atoms with Gasteiger partial charge in [0.05, 0.1) is 20.0 Å². The van der Waals surface area contributed by atoms with Gasteiger partial charge in [0.2, 0.25) is 0 Å². The molecule has 0 radical (unpaired) electrons. The zero-order chi connectivity index (χ0) is 13.1. The number of rotatable bonds is 3. The highest BCUT2D eigenvalue weighted by Gasteiger charge is 2.15. The van der Waals surface area contributed by atoms with Crippen molar-refractivity contribution < 1.29 is 9.53 Å². The van der Waals surface area contributed by atoms with Crippen molar-refractivity contribution in [1.29, 1.82) is 0 Å². The van der Waals surface area contributed by atoms with E-state index in [2.05, 4.69) is 14.7 Å². The second kappa shape index (κ2) is 4.87. The zero-order valence-electron chi connectivity index (χ0n) is 10.3. The first-order valence-electron chi connectivity index (χ1n) is 5.42. The fraction of sp³-hybridized carbons (Fsp3) is 0.250. The molecule has 2 rings (SSSR count). The van der Waals surface area contributed by atoms with Crippen LogP contribution in [0.1, 0.15) is 21.7 Å². The number of nitrogens with two attached hydrogens (primary N) is 1. The van der Waals surface area contributed by atoms with Crippen LogP contribution < -0.4 is 5.73 Å². The summed E-state index contributed by atoms with van der Waals surface area (Å²) in [5.41, 5.74) is 7.91. The Morgan fingerprint density at radius 3 is 2.83 bits per heavy atom. The van der Waals surface area contributed by atoms with Crippen molar-refractivity contribution >= 4 is 11.8 Å². The number of carbonyl (C=O) groups excluding carboxylic acids is 1. The normalized spacial score (nSPS) is 10.3. The van der Waals surface area contributed by atoms with E-state index in [-0.39, 0.29) is 5.69 Å². The van der Waals surface area contributed by atoms with E-state index < -0.39 is 5.97 Å². The van der Waals surface area contributed by atoms with Crippen LogP contribution in [0.5, 0.6) is 0 Å². The third-order valence-corrected chi connectivity index (χ3v) is 2.58. The Morgan fingerprint density at radius 1 is 1.44 bits per heavy atom. The highest BCUT2D eigenvalue weighted by molar-refractivity contribution is 5.92. The second-order valence-electron chi connectivity index (χ2n) is 3.91. The fourth-order valence-electron chi connectivity index (χ4n) is 1.56. The van der Waals surface area contributed by atoms with Gasteiger partial charge in [0.1, 0.15) is 5.82 Å². The van der Waals surface area contributed by atoms with E-state index in [0.29, 0.717) is 12.4 Å². The van der Waals surface area contributed by atoms with E-state index in [1.165, 1.54) is 13.4 Å². The van der Waals surface area contributed by atoms with E-state index in [1.54, 1.807) is 10.8 Å². The molecule has 6 heteroatoms. The Kier molecular flexibility index (Phi) is 3.27. The van der Waals surface area contributed by atoms with Gasteiger partial charge in [0.25, 0.3) is 0 Å². The number of imidazole rings is 1. The molecule has 0 amide bonds. The highest BCUT2D eigenvalue weighted by atomic mass is 16.5. The number of nitrogen functional groups attached to an aromatic ring is 1. The van der Waals surface area contributed by atoms with Crippen LogP contribution in [0, 0.1) is 6.92 Å². The van der Waals surface area contributed by atoms with Gasteiger partial charge in [-0.15, -0.1) is 0 Å². The van der Waals surface area contributed by atoms with Gasteiger partial charge in [-0.2, -0.15) is 0 Å². The van der Waals surface area contributed by atoms with Crippen molar-refractivity contribution in [3.63, 3.8) is 0 Å². The number of carbonyl (C=O) groups is 1. The molecule has 0 unspecified atom stereocenters. The van der Waals surface area contributed by atoms with Gasteiger partial charge in [-0.3, -0.25) is 4.98 Å². The van der Waals surface area contributed by atoms with Crippen LogP contribution in [-0.4, -0.2) is 27.6 Å². The first-order chi connectivity index (χ1) is 8.61. The average Bonchev–Trinajstić information content (AvgIpc) is 2.73. The first kappa shape index (κ1) is 12.1. The summed E-state index contributed by atoms with van der Waals surface area (Å²) in [5.74, 6) is -0.240. The maximum absolute atomic E-state index is 11.4. The van der Waals surface area contributed by atoms with Crippen molar-refractivity contribution in [3.8, 4) is 0 Å². The van der Waals surface area contributed by atoms with Gasteiger partial charge in [0.15, 0.2) is 5.69 Å². The quantitative estimate of drug-likeness (QED) is 0.817. The maximum Gasteiger partial charge on any atom is 0.360 e. The molecular formula is C12H14N4O2. The van der Waals surface area contributed by atoms with E-state index in [0.717, 1.165) is 11.3 Å². The molecular weight excluding hydrogens is 232 g/mol. The molecule has 2 heterocycles. The van der Waals surface area contributed by atoms with Gasteiger partial charge < -0.3 is 15.0 Å². The van der Waals surface area contributed by atoms with Crippen LogP contribution >= 0.6 is 0 Å². The summed E-state index contributed by atoms with van der Waals surface area (Å²) in [7, 11) is 1.30. The Morgan fingerprint density at radius 2 is 2.22 bits per heavy atom. The summed E-state index contributed by atoms with van der Waals surface area (Å²) < 4.78 is 6.27. The van der Waals surface area contributed by atoms with E-state index in [9.17, 15) is 4.79 Å².